The zero-order valence-corrected chi connectivity index (χ0v) is 10.8. The molecule has 0 bridgehead atoms. The number of anilines is 1. The van der Waals surface area contributed by atoms with E-state index in [0.29, 0.717) is 6.42 Å². The second-order valence-corrected chi connectivity index (χ2v) is 4.69. The minimum atomic E-state index is -0.243. The Balaban J connectivity index is 2.06. The molecule has 1 heterocycles. The molecule has 0 unspecified atom stereocenters. The molecule has 0 spiro atoms. The standard InChI is InChI=1S/C16H14N2O2/c19-16-14(17-20)11-15(12-7-3-1-4-8-12)18(16)13-9-5-2-6-10-13/h1-10,15,20H,11H2/b17-14-/t15-/m1/s1. The van der Waals surface area contributed by atoms with Crippen molar-refractivity contribution in [2.45, 2.75) is 12.5 Å². The number of amides is 1. The molecule has 1 aliphatic heterocycles. The van der Waals surface area contributed by atoms with Crippen molar-refractivity contribution in [3.8, 4) is 0 Å². The van der Waals surface area contributed by atoms with Gasteiger partial charge in [0, 0.05) is 12.1 Å². The fourth-order valence-corrected chi connectivity index (χ4v) is 2.55. The lowest BCUT2D eigenvalue weighted by molar-refractivity contribution is -0.112. The first-order valence-electron chi connectivity index (χ1n) is 6.45. The molecule has 20 heavy (non-hydrogen) atoms. The third-order valence-electron chi connectivity index (χ3n) is 3.50. The highest BCUT2D eigenvalue weighted by Gasteiger charge is 2.38. The van der Waals surface area contributed by atoms with E-state index in [-0.39, 0.29) is 17.7 Å². The van der Waals surface area contributed by atoms with Crippen LogP contribution in [-0.4, -0.2) is 16.8 Å². The van der Waals surface area contributed by atoms with Crippen molar-refractivity contribution < 1.29 is 10.0 Å². The van der Waals surface area contributed by atoms with Gasteiger partial charge in [-0.05, 0) is 17.7 Å². The SMILES string of the molecule is O=C1/C(=N\O)C[C@H](c2ccccc2)N1c1ccccc1. The molecule has 2 aromatic carbocycles. The third kappa shape index (κ3) is 2.05. The Labute approximate surface area is 117 Å². The number of rotatable bonds is 2. The molecule has 0 aliphatic carbocycles. The first kappa shape index (κ1) is 12.4. The van der Waals surface area contributed by atoms with Gasteiger partial charge in [0.1, 0.15) is 5.71 Å². The minimum Gasteiger partial charge on any atom is -0.410 e. The zero-order valence-electron chi connectivity index (χ0n) is 10.8. The van der Waals surface area contributed by atoms with E-state index in [2.05, 4.69) is 5.16 Å². The van der Waals surface area contributed by atoms with Crippen molar-refractivity contribution >= 4 is 17.3 Å². The van der Waals surface area contributed by atoms with Crippen molar-refractivity contribution in [3.05, 3.63) is 66.2 Å². The second kappa shape index (κ2) is 5.17. The molecule has 1 fully saturated rings. The van der Waals surface area contributed by atoms with Gasteiger partial charge in [0.2, 0.25) is 0 Å². The van der Waals surface area contributed by atoms with Gasteiger partial charge < -0.3 is 5.21 Å². The molecule has 100 valence electrons. The topological polar surface area (TPSA) is 52.9 Å². The Morgan fingerprint density at radius 3 is 2.20 bits per heavy atom. The number of para-hydroxylation sites is 1. The highest BCUT2D eigenvalue weighted by atomic mass is 16.4. The van der Waals surface area contributed by atoms with E-state index in [1.54, 1.807) is 4.90 Å². The summed E-state index contributed by atoms with van der Waals surface area (Å²) in [6.45, 7) is 0. The van der Waals surface area contributed by atoms with Crippen LogP contribution in [0.15, 0.2) is 65.8 Å². The Kier molecular flexibility index (Phi) is 3.21. The maximum atomic E-state index is 12.4. The molecule has 2 aromatic rings. The van der Waals surface area contributed by atoms with Crippen molar-refractivity contribution in [2.75, 3.05) is 4.90 Å². The van der Waals surface area contributed by atoms with Crippen LogP contribution in [0.1, 0.15) is 18.0 Å². The summed E-state index contributed by atoms with van der Waals surface area (Å²) in [6, 6.07) is 19.1. The fraction of sp³-hybridized carbons (Fsp3) is 0.125. The molecule has 4 heteroatoms. The van der Waals surface area contributed by atoms with Gasteiger partial charge in [-0.2, -0.15) is 0 Å². The highest BCUT2D eigenvalue weighted by Crippen LogP contribution is 2.35. The van der Waals surface area contributed by atoms with E-state index in [9.17, 15) is 4.79 Å². The van der Waals surface area contributed by atoms with Gasteiger partial charge in [-0.25, -0.2) is 0 Å². The van der Waals surface area contributed by atoms with E-state index >= 15 is 0 Å². The molecule has 3 rings (SSSR count). The predicted molar refractivity (Wildman–Crippen MR) is 76.9 cm³/mol. The largest absolute Gasteiger partial charge is 0.410 e. The van der Waals surface area contributed by atoms with E-state index in [1.807, 2.05) is 60.7 Å². The van der Waals surface area contributed by atoms with Gasteiger partial charge in [0.15, 0.2) is 0 Å². The Morgan fingerprint density at radius 2 is 1.60 bits per heavy atom. The summed E-state index contributed by atoms with van der Waals surface area (Å²) in [7, 11) is 0. The summed E-state index contributed by atoms with van der Waals surface area (Å²) in [5, 5.41) is 12.2. The van der Waals surface area contributed by atoms with E-state index in [0.717, 1.165) is 11.3 Å². The average Bonchev–Trinajstić information content (AvgIpc) is 2.86. The molecule has 1 aliphatic rings. The van der Waals surface area contributed by atoms with Crippen LogP contribution >= 0.6 is 0 Å². The molecular formula is C16H14N2O2. The predicted octanol–water partition coefficient (Wildman–Crippen LogP) is 2.99. The van der Waals surface area contributed by atoms with Crippen LogP contribution in [0.25, 0.3) is 0 Å². The van der Waals surface area contributed by atoms with E-state index in [4.69, 9.17) is 5.21 Å². The van der Waals surface area contributed by atoms with Crippen LogP contribution in [0.5, 0.6) is 0 Å². The Morgan fingerprint density at radius 1 is 1.00 bits per heavy atom. The number of carbonyl (C=O) groups is 1. The molecule has 1 N–H and O–H groups in total. The number of benzene rings is 2. The van der Waals surface area contributed by atoms with Gasteiger partial charge in [0.25, 0.3) is 5.91 Å². The quantitative estimate of drug-likeness (QED) is 0.671. The van der Waals surface area contributed by atoms with Crippen LogP contribution in [-0.2, 0) is 4.79 Å². The second-order valence-electron chi connectivity index (χ2n) is 4.69. The normalized spacial score (nSPS) is 20.6. The van der Waals surface area contributed by atoms with Gasteiger partial charge in [-0.3, -0.25) is 9.69 Å². The molecule has 0 aromatic heterocycles. The lowest BCUT2D eigenvalue weighted by Gasteiger charge is -2.24. The van der Waals surface area contributed by atoms with Gasteiger partial charge in [-0.1, -0.05) is 53.7 Å². The molecule has 4 nitrogen and oxygen atoms in total. The van der Waals surface area contributed by atoms with Crippen LogP contribution < -0.4 is 4.90 Å². The van der Waals surface area contributed by atoms with Crippen molar-refractivity contribution in [1.29, 1.82) is 0 Å². The summed E-state index contributed by atoms with van der Waals surface area (Å²) in [6.07, 6.45) is 0.411. The lowest BCUT2D eigenvalue weighted by atomic mass is 10.0. The number of hydrogen-bond acceptors (Lipinski definition) is 3. The van der Waals surface area contributed by atoms with Crippen LogP contribution in [0, 0.1) is 0 Å². The third-order valence-corrected chi connectivity index (χ3v) is 3.50. The molecule has 0 saturated carbocycles. The maximum absolute atomic E-state index is 12.4. The lowest BCUT2D eigenvalue weighted by Crippen LogP contribution is -2.29. The van der Waals surface area contributed by atoms with Crippen LogP contribution in [0.4, 0.5) is 5.69 Å². The van der Waals surface area contributed by atoms with Crippen molar-refractivity contribution in [2.24, 2.45) is 5.16 Å². The van der Waals surface area contributed by atoms with Crippen molar-refractivity contribution in [1.82, 2.24) is 0 Å². The molecule has 1 atom stereocenters. The number of hydrogen-bond donors (Lipinski definition) is 1. The summed E-state index contributed by atoms with van der Waals surface area (Å²) in [5.41, 5.74) is 2.04. The minimum absolute atomic E-state index is 0.128. The van der Waals surface area contributed by atoms with Gasteiger partial charge in [0.05, 0.1) is 6.04 Å². The first-order chi connectivity index (χ1) is 9.81. The maximum Gasteiger partial charge on any atom is 0.276 e. The van der Waals surface area contributed by atoms with E-state index in [1.165, 1.54) is 0 Å². The smallest absolute Gasteiger partial charge is 0.276 e. The summed E-state index contributed by atoms with van der Waals surface area (Å²) in [5.74, 6) is -0.243. The summed E-state index contributed by atoms with van der Waals surface area (Å²) >= 11 is 0. The average molecular weight is 266 g/mol. The molecule has 1 amide bonds. The Hall–Kier alpha value is -2.62. The monoisotopic (exact) mass is 266 g/mol. The van der Waals surface area contributed by atoms with Crippen LogP contribution in [0.2, 0.25) is 0 Å². The fourth-order valence-electron chi connectivity index (χ4n) is 2.55. The van der Waals surface area contributed by atoms with Crippen LogP contribution in [0.3, 0.4) is 0 Å². The molecular weight excluding hydrogens is 252 g/mol. The highest BCUT2D eigenvalue weighted by molar-refractivity contribution is 6.46. The number of oxime groups is 1. The van der Waals surface area contributed by atoms with Gasteiger partial charge >= 0.3 is 0 Å². The zero-order chi connectivity index (χ0) is 13.9. The molecule has 0 radical (unpaired) electrons. The number of carbonyl (C=O) groups excluding carboxylic acids is 1. The number of nitrogens with zero attached hydrogens (tertiary/aromatic N) is 2. The summed E-state index contributed by atoms with van der Waals surface area (Å²) in [4.78, 5) is 14.0. The molecule has 1 saturated heterocycles. The van der Waals surface area contributed by atoms with Gasteiger partial charge in [-0.15, -0.1) is 0 Å². The van der Waals surface area contributed by atoms with E-state index < -0.39 is 0 Å². The first-order valence-corrected chi connectivity index (χ1v) is 6.45. The Bertz CT molecular complexity index is 638. The van der Waals surface area contributed by atoms with Crippen molar-refractivity contribution in [3.63, 3.8) is 0 Å². The summed E-state index contributed by atoms with van der Waals surface area (Å²) < 4.78 is 0.